The Morgan fingerprint density at radius 1 is 1.24 bits per heavy atom. The van der Waals surface area contributed by atoms with Crippen LogP contribution in [0.4, 0.5) is 23.4 Å². The maximum Gasteiger partial charge on any atom is 0.416 e. The first-order valence-electron chi connectivity index (χ1n) is 7.65. The van der Waals surface area contributed by atoms with Crippen molar-refractivity contribution in [2.75, 3.05) is 11.9 Å². The van der Waals surface area contributed by atoms with E-state index in [2.05, 4.69) is 15.3 Å². The molecule has 0 aliphatic heterocycles. The van der Waals surface area contributed by atoms with E-state index in [4.69, 9.17) is 5.73 Å². The van der Waals surface area contributed by atoms with E-state index in [9.17, 15) is 17.6 Å². The van der Waals surface area contributed by atoms with Crippen LogP contribution in [0.1, 0.15) is 24.0 Å². The molecule has 1 fully saturated rings. The van der Waals surface area contributed by atoms with Crippen LogP contribution in [0.2, 0.25) is 0 Å². The average Bonchev–Trinajstić information content (AvgIpc) is 3.34. The molecule has 0 bridgehead atoms. The number of nitrogens with one attached hydrogen (secondary N) is 1. The van der Waals surface area contributed by atoms with Crippen molar-refractivity contribution in [3.8, 4) is 0 Å². The number of benzene rings is 1. The van der Waals surface area contributed by atoms with Crippen LogP contribution in [0.3, 0.4) is 0 Å². The van der Waals surface area contributed by atoms with E-state index in [0.29, 0.717) is 30.3 Å². The maximum absolute atomic E-state index is 13.6. The lowest BCUT2D eigenvalue weighted by Gasteiger charge is -2.16. The summed E-state index contributed by atoms with van der Waals surface area (Å²) in [5.74, 6) is -0.282. The molecule has 0 atom stereocenters. The SMILES string of the molecule is NC(=NCC1(c2cc(F)cc(C(F)(F)F)c2)CC1)Nc1ccccn1. The van der Waals surface area contributed by atoms with E-state index < -0.39 is 23.0 Å². The summed E-state index contributed by atoms with van der Waals surface area (Å²) in [4.78, 5) is 8.23. The zero-order valence-electron chi connectivity index (χ0n) is 13.1. The number of rotatable bonds is 4. The minimum Gasteiger partial charge on any atom is -0.370 e. The standard InChI is InChI=1S/C17H16F4N4/c18-13-8-11(7-12(9-13)17(19,20)21)16(4-5-16)10-24-15(22)25-14-3-1-2-6-23-14/h1-3,6-9H,4-5,10H2,(H3,22,23,24,25). The molecule has 3 N–H and O–H groups in total. The number of nitrogens with zero attached hydrogens (tertiary/aromatic N) is 2. The van der Waals surface area contributed by atoms with Gasteiger partial charge in [-0.1, -0.05) is 6.07 Å². The smallest absolute Gasteiger partial charge is 0.370 e. The summed E-state index contributed by atoms with van der Waals surface area (Å²) >= 11 is 0. The van der Waals surface area contributed by atoms with Crippen LogP contribution in [0.5, 0.6) is 0 Å². The maximum atomic E-state index is 13.6. The van der Waals surface area contributed by atoms with Crippen LogP contribution in [0, 0.1) is 5.82 Å². The molecule has 0 amide bonds. The number of halogens is 4. The average molecular weight is 352 g/mol. The fourth-order valence-corrected chi connectivity index (χ4v) is 2.59. The van der Waals surface area contributed by atoms with E-state index in [1.165, 1.54) is 0 Å². The summed E-state index contributed by atoms with van der Waals surface area (Å²) < 4.78 is 52.3. The molecule has 8 heteroatoms. The summed E-state index contributed by atoms with van der Waals surface area (Å²) in [5, 5.41) is 2.80. The summed E-state index contributed by atoms with van der Waals surface area (Å²) in [6.45, 7) is 0.180. The van der Waals surface area contributed by atoms with Crippen molar-refractivity contribution < 1.29 is 17.6 Å². The minimum absolute atomic E-state index is 0.109. The van der Waals surface area contributed by atoms with Crippen LogP contribution in [-0.4, -0.2) is 17.5 Å². The van der Waals surface area contributed by atoms with Crippen LogP contribution < -0.4 is 11.1 Å². The lowest BCUT2D eigenvalue weighted by molar-refractivity contribution is -0.137. The molecule has 0 radical (unpaired) electrons. The topological polar surface area (TPSA) is 63.3 Å². The highest BCUT2D eigenvalue weighted by Crippen LogP contribution is 2.49. The molecule has 132 valence electrons. The second-order valence-electron chi connectivity index (χ2n) is 6.05. The van der Waals surface area contributed by atoms with Gasteiger partial charge in [-0.15, -0.1) is 0 Å². The van der Waals surface area contributed by atoms with Crippen molar-refractivity contribution in [1.29, 1.82) is 0 Å². The predicted octanol–water partition coefficient (Wildman–Crippen LogP) is 3.70. The molecule has 1 aliphatic rings. The number of nitrogens with two attached hydrogens (primary N) is 1. The number of aromatic nitrogens is 1. The third kappa shape index (κ3) is 4.07. The first kappa shape index (κ1) is 17.2. The molecule has 2 aromatic rings. The Morgan fingerprint density at radius 3 is 2.60 bits per heavy atom. The van der Waals surface area contributed by atoms with Crippen molar-refractivity contribution in [2.45, 2.75) is 24.4 Å². The van der Waals surface area contributed by atoms with E-state index in [1.54, 1.807) is 24.4 Å². The number of guanidine groups is 1. The highest BCUT2D eigenvalue weighted by Gasteiger charge is 2.45. The second-order valence-corrected chi connectivity index (χ2v) is 6.05. The molecule has 0 unspecified atom stereocenters. The van der Waals surface area contributed by atoms with E-state index in [0.717, 1.165) is 12.1 Å². The van der Waals surface area contributed by atoms with Gasteiger partial charge in [0.15, 0.2) is 5.96 Å². The van der Waals surface area contributed by atoms with Crippen LogP contribution in [-0.2, 0) is 11.6 Å². The summed E-state index contributed by atoms with van der Waals surface area (Å²) in [6, 6.07) is 7.86. The quantitative estimate of drug-likeness (QED) is 0.501. The molecular weight excluding hydrogens is 336 g/mol. The number of alkyl halides is 3. The zero-order chi connectivity index (χ0) is 18.1. The molecule has 1 heterocycles. The van der Waals surface area contributed by atoms with E-state index in [1.807, 2.05) is 0 Å². The van der Waals surface area contributed by atoms with Crippen LogP contribution in [0.25, 0.3) is 0 Å². The molecule has 25 heavy (non-hydrogen) atoms. The van der Waals surface area contributed by atoms with Gasteiger partial charge in [-0.3, -0.25) is 4.99 Å². The van der Waals surface area contributed by atoms with Gasteiger partial charge >= 0.3 is 6.18 Å². The summed E-state index contributed by atoms with van der Waals surface area (Å²) in [7, 11) is 0. The molecule has 0 saturated heterocycles. The van der Waals surface area contributed by atoms with Crippen molar-refractivity contribution in [3.63, 3.8) is 0 Å². The van der Waals surface area contributed by atoms with Crippen molar-refractivity contribution in [3.05, 3.63) is 59.5 Å². The first-order valence-corrected chi connectivity index (χ1v) is 7.65. The van der Waals surface area contributed by atoms with Gasteiger partial charge in [0, 0.05) is 11.6 Å². The normalized spacial score (nSPS) is 16.6. The Bertz CT molecular complexity index is 783. The van der Waals surface area contributed by atoms with Crippen molar-refractivity contribution in [2.24, 2.45) is 10.7 Å². The van der Waals surface area contributed by atoms with Gasteiger partial charge in [0.2, 0.25) is 0 Å². The van der Waals surface area contributed by atoms with E-state index in [-0.39, 0.29) is 12.5 Å². The lowest BCUT2D eigenvalue weighted by atomic mass is 9.94. The van der Waals surface area contributed by atoms with E-state index >= 15 is 0 Å². The number of pyridine rings is 1. The van der Waals surface area contributed by atoms with Gasteiger partial charge in [-0.2, -0.15) is 13.2 Å². The Labute approximate surface area is 141 Å². The Balaban J connectivity index is 1.77. The molecule has 1 aliphatic carbocycles. The third-order valence-corrected chi connectivity index (χ3v) is 4.16. The summed E-state index contributed by atoms with van der Waals surface area (Å²) in [5.41, 5.74) is 4.51. The molecule has 1 aromatic heterocycles. The number of aliphatic imine (C=N–C) groups is 1. The molecule has 1 saturated carbocycles. The zero-order valence-corrected chi connectivity index (χ0v) is 13.1. The Morgan fingerprint density at radius 2 is 2.00 bits per heavy atom. The minimum atomic E-state index is -4.59. The lowest BCUT2D eigenvalue weighted by Crippen LogP contribution is -2.25. The van der Waals surface area contributed by atoms with Crippen LogP contribution >= 0.6 is 0 Å². The molecular formula is C17H16F4N4. The van der Waals surface area contributed by atoms with Crippen molar-refractivity contribution in [1.82, 2.24) is 4.98 Å². The van der Waals surface area contributed by atoms with Gasteiger partial charge in [0.1, 0.15) is 11.6 Å². The molecule has 0 spiro atoms. The number of hydrogen-bond donors (Lipinski definition) is 2. The van der Waals surface area contributed by atoms with Crippen LogP contribution in [0.15, 0.2) is 47.6 Å². The highest BCUT2D eigenvalue weighted by atomic mass is 19.4. The third-order valence-electron chi connectivity index (χ3n) is 4.16. The fraction of sp³-hybridized carbons (Fsp3) is 0.294. The molecule has 1 aromatic carbocycles. The second kappa shape index (κ2) is 6.34. The Hall–Kier alpha value is -2.64. The van der Waals surface area contributed by atoms with Gasteiger partial charge < -0.3 is 11.1 Å². The monoisotopic (exact) mass is 352 g/mol. The van der Waals surface area contributed by atoms with Gasteiger partial charge in [0.05, 0.1) is 12.1 Å². The molecule has 3 rings (SSSR count). The predicted molar refractivity (Wildman–Crippen MR) is 86.7 cm³/mol. The first-order chi connectivity index (χ1) is 11.8. The van der Waals surface area contributed by atoms with Gasteiger partial charge in [-0.05, 0) is 48.7 Å². The fourth-order valence-electron chi connectivity index (χ4n) is 2.59. The largest absolute Gasteiger partial charge is 0.416 e. The summed E-state index contributed by atoms with van der Waals surface area (Å²) in [6.07, 6.45) is -1.73. The Kier molecular flexibility index (Phi) is 4.36. The van der Waals surface area contributed by atoms with Gasteiger partial charge in [-0.25, -0.2) is 9.37 Å². The highest BCUT2D eigenvalue weighted by molar-refractivity contribution is 5.91. The molecule has 4 nitrogen and oxygen atoms in total. The number of anilines is 1. The van der Waals surface area contributed by atoms with Gasteiger partial charge in [0.25, 0.3) is 0 Å². The van der Waals surface area contributed by atoms with Crippen molar-refractivity contribution >= 4 is 11.8 Å². The number of hydrogen-bond acceptors (Lipinski definition) is 2.